The second kappa shape index (κ2) is 7.25. The predicted octanol–water partition coefficient (Wildman–Crippen LogP) is 3.22. The minimum atomic E-state index is -0.0217. The van der Waals surface area contributed by atoms with Gasteiger partial charge < -0.3 is 10.1 Å². The van der Waals surface area contributed by atoms with Gasteiger partial charge in [-0.1, -0.05) is 26.7 Å². The van der Waals surface area contributed by atoms with Crippen molar-refractivity contribution in [2.45, 2.75) is 64.0 Å². The van der Waals surface area contributed by atoms with E-state index >= 15 is 0 Å². The number of halogens is 1. The van der Waals surface area contributed by atoms with E-state index in [0.29, 0.717) is 6.04 Å². The summed E-state index contributed by atoms with van der Waals surface area (Å²) in [4.78, 5) is 0. The lowest BCUT2D eigenvalue weighted by Crippen LogP contribution is -2.52. The first-order chi connectivity index (χ1) is 10.1. The summed E-state index contributed by atoms with van der Waals surface area (Å²) in [6, 6.07) is 0.339. The van der Waals surface area contributed by atoms with Crippen LogP contribution in [0.5, 0.6) is 0 Å². The van der Waals surface area contributed by atoms with E-state index in [0.717, 1.165) is 37.9 Å². The van der Waals surface area contributed by atoms with E-state index in [4.69, 9.17) is 4.74 Å². The Balaban J connectivity index is 2.26. The molecule has 1 aliphatic rings. The number of likely N-dealkylation sites (N-methyl/N-ethyl adjacent to an activating group) is 1. The SMILES string of the molecule is CCNC(Cc1c(Br)c(CC)nn1C)C1(OC)CCCC1. The van der Waals surface area contributed by atoms with Gasteiger partial charge in [0.05, 0.1) is 21.5 Å². The van der Waals surface area contributed by atoms with Crippen LogP contribution >= 0.6 is 15.9 Å². The van der Waals surface area contributed by atoms with Gasteiger partial charge in [0.2, 0.25) is 0 Å². The molecular weight excluding hydrogens is 330 g/mol. The largest absolute Gasteiger partial charge is 0.377 e. The molecule has 0 saturated heterocycles. The fourth-order valence-electron chi connectivity index (χ4n) is 3.59. The van der Waals surface area contributed by atoms with Gasteiger partial charge in [0.15, 0.2) is 0 Å². The van der Waals surface area contributed by atoms with E-state index in [9.17, 15) is 0 Å². The maximum Gasteiger partial charge on any atom is 0.0834 e. The average Bonchev–Trinajstić information content (AvgIpc) is 3.07. The number of aryl methyl sites for hydroxylation is 2. The van der Waals surface area contributed by atoms with E-state index in [1.165, 1.54) is 23.0 Å². The number of ether oxygens (including phenoxy) is 1. The van der Waals surface area contributed by atoms with Crippen molar-refractivity contribution in [3.8, 4) is 0 Å². The molecule has 0 spiro atoms. The molecule has 1 aliphatic carbocycles. The standard InChI is InChI=1S/C16H28BrN3O/c1-5-12-15(17)13(20(3)19-12)11-14(18-6-2)16(21-4)9-7-8-10-16/h14,18H,5-11H2,1-4H3. The molecule has 1 saturated carbocycles. The van der Waals surface area contributed by atoms with Crippen molar-refractivity contribution in [3.63, 3.8) is 0 Å². The highest BCUT2D eigenvalue weighted by Gasteiger charge is 2.41. The first-order valence-corrected chi connectivity index (χ1v) is 8.86. The van der Waals surface area contributed by atoms with Crippen LogP contribution in [0.25, 0.3) is 0 Å². The molecule has 1 fully saturated rings. The lowest BCUT2D eigenvalue weighted by molar-refractivity contribution is -0.0355. The van der Waals surface area contributed by atoms with Crippen LogP contribution in [0.4, 0.5) is 0 Å². The van der Waals surface area contributed by atoms with Crippen molar-refractivity contribution in [1.29, 1.82) is 0 Å². The number of nitrogens with one attached hydrogen (secondary N) is 1. The zero-order valence-corrected chi connectivity index (χ0v) is 15.3. The molecule has 1 unspecified atom stereocenters. The van der Waals surface area contributed by atoms with Gasteiger partial charge in [0.25, 0.3) is 0 Å². The molecule has 1 heterocycles. The zero-order valence-electron chi connectivity index (χ0n) is 13.7. The van der Waals surface area contributed by atoms with Gasteiger partial charge in [-0.15, -0.1) is 0 Å². The summed E-state index contributed by atoms with van der Waals surface area (Å²) in [5, 5.41) is 8.28. The Morgan fingerprint density at radius 2 is 2.05 bits per heavy atom. The molecule has 0 amide bonds. The number of rotatable bonds is 7. The Hall–Kier alpha value is -0.390. The van der Waals surface area contributed by atoms with Gasteiger partial charge in [-0.25, -0.2) is 0 Å². The summed E-state index contributed by atoms with van der Waals surface area (Å²) in [7, 11) is 3.90. The number of aromatic nitrogens is 2. The van der Waals surface area contributed by atoms with Crippen molar-refractivity contribution in [3.05, 3.63) is 15.9 Å². The van der Waals surface area contributed by atoms with Gasteiger partial charge in [0.1, 0.15) is 0 Å². The summed E-state index contributed by atoms with van der Waals surface area (Å²) < 4.78 is 9.18. The highest BCUT2D eigenvalue weighted by atomic mass is 79.9. The number of nitrogens with zero attached hydrogens (tertiary/aromatic N) is 2. The summed E-state index contributed by atoms with van der Waals surface area (Å²) in [6.45, 7) is 5.28. The molecule has 21 heavy (non-hydrogen) atoms. The molecule has 0 bridgehead atoms. The van der Waals surface area contributed by atoms with E-state index in [2.05, 4.69) is 40.2 Å². The quantitative estimate of drug-likeness (QED) is 0.814. The minimum Gasteiger partial charge on any atom is -0.377 e. The first-order valence-electron chi connectivity index (χ1n) is 8.06. The Morgan fingerprint density at radius 3 is 2.52 bits per heavy atom. The molecule has 1 atom stereocenters. The van der Waals surface area contributed by atoms with Crippen LogP contribution in [0.3, 0.4) is 0 Å². The second-order valence-corrected chi connectivity index (χ2v) is 6.77. The third kappa shape index (κ3) is 3.35. The third-order valence-electron chi connectivity index (χ3n) is 4.84. The van der Waals surface area contributed by atoms with Crippen molar-refractivity contribution in [2.75, 3.05) is 13.7 Å². The maximum absolute atomic E-state index is 5.99. The lowest BCUT2D eigenvalue weighted by Gasteiger charge is -2.37. The second-order valence-electron chi connectivity index (χ2n) is 5.97. The van der Waals surface area contributed by atoms with E-state index in [-0.39, 0.29) is 5.60 Å². The van der Waals surface area contributed by atoms with Gasteiger partial charge in [-0.3, -0.25) is 4.68 Å². The summed E-state index contributed by atoms with van der Waals surface area (Å²) in [5.74, 6) is 0. The predicted molar refractivity (Wildman–Crippen MR) is 89.7 cm³/mol. The Bertz CT molecular complexity index is 466. The van der Waals surface area contributed by atoms with Crippen LogP contribution < -0.4 is 5.32 Å². The summed E-state index contributed by atoms with van der Waals surface area (Å²) >= 11 is 3.74. The number of hydrogen-bond acceptors (Lipinski definition) is 3. The smallest absolute Gasteiger partial charge is 0.0834 e. The van der Waals surface area contributed by atoms with E-state index in [1.807, 2.05) is 18.8 Å². The van der Waals surface area contributed by atoms with E-state index < -0.39 is 0 Å². The van der Waals surface area contributed by atoms with Gasteiger partial charge >= 0.3 is 0 Å². The number of methoxy groups -OCH3 is 1. The molecular formula is C16H28BrN3O. The van der Waals surface area contributed by atoms with Gasteiger partial charge in [-0.05, 0) is 41.7 Å². The van der Waals surface area contributed by atoms with Crippen molar-refractivity contribution >= 4 is 15.9 Å². The number of hydrogen-bond donors (Lipinski definition) is 1. The lowest BCUT2D eigenvalue weighted by atomic mass is 9.88. The molecule has 5 heteroatoms. The zero-order chi connectivity index (χ0) is 15.5. The van der Waals surface area contributed by atoms with Crippen LogP contribution in [0.15, 0.2) is 4.47 Å². The van der Waals surface area contributed by atoms with Gasteiger partial charge in [-0.2, -0.15) is 5.10 Å². The fraction of sp³-hybridized carbons (Fsp3) is 0.812. The molecule has 1 aromatic heterocycles. The van der Waals surface area contributed by atoms with Crippen LogP contribution in [0, 0.1) is 0 Å². The fourth-order valence-corrected chi connectivity index (χ4v) is 4.37. The molecule has 2 rings (SSSR count). The summed E-state index contributed by atoms with van der Waals surface area (Å²) in [6.07, 6.45) is 6.74. The topological polar surface area (TPSA) is 39.1 Å². The normalized spacial score (nSPS) is 19.1. The Morgan fingerprint density at radius 1 is 1.38 bits per heavy atom. The highest BCUT2D eigenvalue weighted by molar-refractivity contribution is 9.10. The Kier molecular flexibility index (Phi) is 5.86. The van der Waals surface area contributed by atoms with Crippen molar-refractivity contribution < 1.29 is 4.74 Å². The van der Waals surface area contributed by atoms with Crippen LogP contribution in [-0.2, 0) is 24.6 Å². The monoisotopic (exact) mass is 357 g/mol. The Labute approximate surface area is 136 Å². The molecule has 120 valence electrons. The molecule has 4 nitrogen and oxygen atoms in total. The maximum atomic E-state index is 5.99. The van der Waals surface area contributed by atoms with Crippen LogP contribution in [0.1, 0.15) is 50.9 Å². The average molecular weight is 358 g/mol. The van der Waals surface area contributed by atoms with E-state index in [1.54, 1.807) is 0 Å². The molecule has 1 N–H and O–H groups in total. The van der Waals surface area contributed by atoms with Crippen molar-refractivity contribution in [1.82, 2.24) is 15.1 Å². The molecule has 0 aliphatic heterocycles. The summed E-state index contributed by atoms with van der Waals surface area (Å²) in [5.41, 5.74) is 2.38. The minimum absolute atomic E-state index is 0.0217. The third-order valence-corrected chi connectivity index (χ3v) is 5.76. The first kappa shape index (κ1) is 17.0. The van der Waals surface area contributed by atoms with Crippen molar-refractivity contribution in [2.24, 2.45) is 7.05 Å². The molecule has 0 aromatic carbocycles. The molecule has 1 aromatic rings. The van der Waals surface area contributed by atoms with Crippen LogP contribution in [-0.4, -0.2) is 35.1 Å². The van der Waals surface area contributed by atoms with Gasteiger partial charge in [0, 0.05) is 26.6 Å². The highest BCUT2D eigenvalue weighted by Crippen LogP contribution is 2.37. The van der Waals surface area contributed by atoms with Crippen LogP contribution in [0.2, 0.25) is 0 Å². The molecule has 0 radical (unpaired) electrons.